The van der Waals surface area contributed by atoms with Gasteiger partial charge >= 0.3 is 18.2 Å². The molecule has 430 valence electrons. The zero-order valence-corrected chi connectivity index (χ0v) is 47.0. The Hall–Kier alpha value is -8.01. The van der Waals surface area contributed by atoms with Crippen LogP contribution in [0.15, 0.2) is 47.3 Å². The molecule has 0 radical (unpaired) electrons. The highest BCUT2D eigenvalue weighted by Gasteiger charge is 2.46. The van der Waals surface area contributed by atoms with Gasteiger partial charge in [-0.2, -0.15) is 0 Å². The average molecular weight is 1120 g/mol. The first kappa shape index (κ1) is 57.7. The highest BCUT2D eigenvalue weighted by molar-refractivity contribution is 6.13. The van der Waals surface area contributed by atoms with E-state index < -0.39 is 70.7 Å². The van der Waals surface area contributed by atoms with Crippen molar-refractivity contribution in [1.29, 1.82) is 0 Å². The number of nitrogens with zero attached hydrogens (tertiary/aromatic N) is 4. The molecule has 21 nitrogen and oxygen atoms in total. The summed E-state index contributed by atoms with van der Waals surface area (Å²) in [5, 5.41) is 23.5. The number of esters is 1. The maximum Gasteiger partial charge on any atom is 0.410 e. The SMILES string of the molecule is CC[C@@]1(O)C(=O)OCc2c1cc1n(c2=O)Cc2c-1nc1cc(F)c(C)c3c1c2[C@@H](NC(=O)OCc1ccc(NC(=O)[C@H](C)NC(=O)[C@@H](NC(=O)C2CCC(CN4C(=O)C=CC4=O)CC2)C(C)C)cc1CN(C)C(=O)OC(C)(C)C)CC3. The van der Waals surface area contributed by atoms with Crippen molar-refractivity contribution in [1.82, 2.24) is 35.3 Å². The number of carbonyl (C=O) groups excluding carboxylic acids is 8. The van der Waals surface area contributed by atoms with Crippen LogP contribution in [0, 0.1) is 30.5 Å². The molecule has 3 aliphatic heterocycles. The molecule has 1 saturated carbocycles. The number of anilines is 1. The van der Waals surface area contributed by atoms with Gasteiger partial charge in [-0.25, -0.2) is 23.8 Å². The first-order valence-corrected chi connectivity index (χ1v) is 27.5. The third kappa shape index (κ3) is 11.5. The Bertz CT molecular complexity index is 3380. The van der Waals surface area contributed by atoms with Crippen LogP contribution in [0.25, 0.3) is 22.3 Å². The number of hydrogen-bond donors (Lipinski definition) is 5. The van der Waals surface area contributed by atoms with Gasteiger partial charge in [-0.3, -0.25) is 33.7 Å². The number of cyclic esters (lactones) is 1. The summed E-state index contributed by atoms with van der Waals surface area (Å²) in [6, 6.07) is 4.99. The fraction of sp³-hybridized carbons (Fsp3) is 0.492. The molecule has 5 N–H and O–H groups in total. The van der Waals surface area contributed by atoms with Gasteiger partial charge in [-0.1, -0.05) is 26.8 Å². The normalized spacial score (nSPS) is 20.7. The number of ether oxygens (including phenoxy) is 3. The largest absolute Gasteiger partial charge is 0.458 e. The summed E-state index contributed by atoms with van der Waals surface area (Å²) in [4.78, 5) is 127. The second-order valence-corrected chi connectivity index (χ2v) is 23.2. The Morgan fingerprint density at radius 3 is 2.30 bits per heavy atom. The zero-order chi connectivity index (χ0) is 58.6. The number of halogens is 1. The van der Waals surface area contributed by atoms with Gasteiger partial charge in [-0.15, -0.1) is 0 Å². The predicted octanol–water partition coefficient (Wildman–Crippen LogP) is 6.12. The van der Waals surface area contributed by atoms with Crippen LogP contribution < -0.4 is 26.8 Å². The highest BCUT2D eigenvalue weighted by Crippen LogP contribution is 2.46. The minimum Gasteiger partial charge on any atom is -0.458 e. The molecule has 5 heterocycles. The minimum absolute atomic E-state index is 0.0356. The highest BCUT2D eigenvalue weighted by atomic mass is 19.1. The quantitative estimate of drug-likeness (QED) is 0.0449. The molecule has 81 heavy (non-hydrogen) atoms. The molecule has 9 rings (SSSR count). The van der Waals surface area contributed by atoms with E-state index >= 15 is 4.39 Å². The second-order valence-electron chi connectivity index (χ2n) is 23.2. The topological polar surface area (TPSA) is 274 Å². The van der Waals surface area contributed by atoms with Crippen LogP contribution in [-0.4, -0.2) is 103 Å². The maximum absolute atomic E-state index is 15.6. The molecule has 2 aromatic carbocycles. The number of aliphatic hydroxyl groups is 1. The Kier molecular flexibility index (Phi) is 16.0. The zero-order valence-electron chi connectivity index (χ0n) is 47.0. The number of rotatable bonds is 15. The molecule has 0 saturated heterocycles. The third-order valence-corrected chi connectivity index (χ3v) is 16.2. The summed E-state index contributed by atoms with van der Waals surface area (Å²) < 4.78 is 33.8. The Labute approximate surface area is 467 Å². The molecule has 22 heteroatoms. The van der Waals surface area contributed by atoms with E-state index in [9.17, 15) is 48.3 Å². The Balaban J connectivity index is 0.891. The number of aromatic nitrogens is 2. The van der Waals surface area contributed by atoms with Gasteiger partial charge in [0.1, 0.15) is 36.7 Å². The van der Waals surface area contributed by atoms with Gasteiger partial charge in [0.25, 0.3) is 17.4 Å². The van der Waals surface area contributed by atoms with Crippen molar-refractivity contribution in [2.24, 2.45) is 17.8 Å². The molecule has 1 fully saturated rings. The van der Waals surface area contributed by atoms with E-state index in [1.165, 1.54) is 46.6 Å². The molecule has 4 aromatic rings. The number of fused-ring (bicyclic) bond motifs is 5. The van der Waals surface area contributed by atoms with E-state index in [2.05, 4.69) is 21.3 Å². The molecule has 2 aromatic heterocycles. The van der Waals surface area contributed by atoms with E-state index in [-0.39, 0.29) is 79.3 Å². The first-order chi connectivity index (χ1) is 38.3. The van der Waals surface area contributed by atoms with Crippen molar-refractivity contribution in [2.45, 2.75) is 156 Å². The number of pyridine rings is 2. The molecule has 4 atom stereocenters. The molecule has 0 bridgehead atoms. The number of amides is 7. The maximum atomic E-state index is 15.6. The molecule has 2 aliphatic carbocycles. The first-order valence-electron chi connectivity index (χ1n) is 27.5. The van der Waals surface area contributed by atoms with E-state index in [1.807, 2.05) is 0 Å². The smallest absolute Gasteiger partial charge is 0.410 e. The van der Waals surface area contributed by atoms with E-state index in [4.69, 9.17) is 19.2 Å². The van der Waals surface area contributed by atoms with Gasteiger partial charge in [0.2, 0.25) is 17.7 Å². The van der Waals surface area contributed by atoms with Crippen molar-refractivity contribution >= 4 is 64.3 Å². The monoisotopic (exact) mass is 1120 g/mol. The number of benzene rings is 2. The molecule has 0 spiro atoms. The number of hydrogen-bond acceptors (Lipinski definition) is 14. The van der Waals surface area contributed by atoms with Crippen LogP contribution in [0.3, 0.4) is 0 Å². The van der Waals surface area contributed by atoms with Gasteiger partial charge in [0, 0.05) is 66.5 Å². The summed E-state index contributed by atoms with van der Waals surface area (Å²) in [5.74, 6) is -4.10. The van der Waals surface area contributed by atoms with Crippen LogP contribution >= 0.6 is 0 Å². The number of carbonyl (C=O) groups is 8. The standard InChI is InChI=1S/C59H69FN8O13/c1-10-59(78)40-22-44-50-38(26-67(44)54(74)39(40)28-79-55(59)75)48-42(18-17-37-30(4)41(60)23-43(63-50)47(37)48)64-56(76)80-27-34-15-16-36(21-35(34)25-66(9)57(77)81-58(6,7)8)62-51(71)31(5)61-53(73)49(29(2)3)65-52(72)33-13-11-32(12-14-33)24-68-45(69)19-20-46(68)70/h15-16,19-23,29,31-33,42,49,78H,10-14,17-18,24-28H2,1-9H3,(H,61,73)(H,62,71)(H,64,76)(H,65,72)/t31-,32?,33?,42-,49-,59-/m0/s1. The lowest BCUT2D eigenvalue weighted by Gasteiger charge is -2.31. The Morgan fingerprint density at radius 1 is 0.926 bits per heavy atom. The van der Waals surface area contributed by atoms with Crippen LogP contribution in [0.4, 0.5) is 19.7 Å². The summed E-state index contributed by atoms with van der Waals surface area (Å²) >= 11 is 0. The van der Waals surface area contributed by atoms with Gasteiger partial charge in [0.05, 0.1) is 35.1 Å². The third-order valence-electron chi connectivity index (χ3n) is 16.2. The van der Waals surface area contributed by atoms with Crippen molar-refractivity contribution in [3.8, 4) is 11.4 Å². The lowest BCUT2D eigenvalue weighted by Crippen LogP contribution is -2.54. The average Bonchev–Trinajstić information content (AvgIpc) is 4.12. The van der Waals surface area contributed by atoms with Crippen molar-refractivity contribution < 1.29 is 62.1 Å². The molecular formula is C59H69FN8O13. The molecule has 5 aliphatic rings. The summed E-state index contributed by atoms with van der Waals surface area (Å²) in [6.45, 7) is 13.2. The van der Waals surface area contributed by atoms with E-state index in [0.717, 1.165) is 0 Å². The number of nitrogens with one attached hydrogen (secondary N) is 4. The van der Waals surface area contributed by atoms with Gasteiger partial charge < -0.3 is 50.1 Å². The number of imide groups is 1. The lowest BCUT2D eigenvalue weighted by atomic mass is 9.81. The fourth-order valence-electron chi connectivity index (χ4n) is 11.6. The van der Waals surface area contributed by atoms with Crippen LogP contribution in [0.2, 0.25) is 0 Å². The summed E-state index contributed by atoms with van der Waals surface area (Å²) in [5.41, 5.74) is 1.50. The Morgan fingerprint density at radius 2 is 1.63 bits per heavy atom. The summed E-state index contributed by atoms with van der Waals surface area (Å²) in [7, 11) is 1.53. The molecular weight excluding hydrogens is 1050 g/mol. The van der Waals surface area contributed by atoms with Crippen LogP contribution in [0.1, 0.15) is 138 Å². The van der Waals surface area contributed by atoms with Crippen LogP contribution in [-0.2, 0) is 81.3 Å². The number of aryl methyl sites for hydroxylation is 1. The van der Waals surface area contributed by atoms with E-state index in [1.54, 1.807) is 72.7 Å². The minimum atomic E-state index is -2.07. The lowest BCUT2D eigenvalue weighted by molar-refractivity contribution is -0.172. The van der Waals surface area contributed by atoms with Gasteiger partial charge in [-0.05, 0) is 137 Å². The molecule has 7 amide bonds. The van der Waals surface area contributed by atoms with Crippen molar-refractivity contribution in [2.75, 3.05) is 18.9 Å². The number of alkyl carbamates (subject to hydrolysis) is 1. The summed E-state index contributed by atoms with van der Waals surface area (Å²) in [6.07, 6.45) is 4.02. The second kappa shape index (κ2) is 22.5. The van der Waals surface area contributed by atoms with Gasteiger partial charge in [0.15, 0.2) is 5.60 Å². The molecule has 0 unspecified atom stereocenters. The van der Waals surface area contributed by atoms with Crippen molar-refractivity contribution in [3.05, 3.63) is 103 Å². The van der Waals surface area contributed by atoms with Crippen LogP contribution in [0.5, 0.6) is 0 Å². The fourth-order valence-corrected chi connectivity index (χ4v) is 11.6. The predicted molar refractivity (Wildman–Crippen MR) is 292 cm³/mol. The van der Waals surface area contributed by atoms with Crippen molar-refractivity contribution in [3.63, 3.8) is 0 Å². The van der Waals surface area contributed by atoms with E-state index in [0.29, 0.717) is 106 Å².